The largest absolute Gasteiger partial charge is 0.399 e. The molecule has 0 aliphatic heterocycles. The molecule has 3 N–H and O–H groups in total. The highest BCUT2D eigenvalue weighted by Gasteiger charge is 2.20. The molecule has 0 heterocycles. The van der Waals surface area contributed by atoms with Crippen LogP contribution in [0, 0.1) is 10.1 Å². The molecule has 0 spiro atoms. The average Bonchev–Trinajstić information content (AvgIpc) is 2.47. The molecular formula is C14H13N3O3S. The molecule has 0 aliphatic carbocycles. The SMILES string of the molecule is CSc1ccc(NC(=O)c2cc(N)ccc2[N+](=O)[O-])cc1. The molecule has 0 aromatic heterocycles. The summed E-state index contributed by atoms with van der Waals surface area (Å²) in [5.41, 5.74) is 6.11. The number of anilines is 2. The normalized spacial score (nSPS) is 10.1. The molecule has 0 fully saturated rings. The lowest BCUT2D eigenvalue weighted by molar-refractivity contribution is -0.385. The van der Waals surface area contributed by atoms with Crippen LogP contribution in [0.1, 0.15) is 10.4 Å². The number of hydrogen-bond donors (Lipinski definition) is 2. The quantitative estimate of drug-likeness (QED) is 0.391. The zero-order valence-corrected chi connectivity index (χ0v) is 12.0. The molecule has 1 amide bonds. The van der Waals surface area contributed by atoms with Crippen LogP contribution in [0.2, 0.25) is 0 Å². The summed E-state index contributed by atoms with van der Waals surface area (Å²) in [7, 11) is 0. The first-order valence-electron chi connectivity index (χ1n) is 6.00. The minimum Gasteiger partial charge on any atom is -0.399 e. The number of nitrogens with two attached hydrogens (primary N) is 1. The molecule has 0 bridgehead atoms. The van der Waals surface area contributed by atoms with Gasteiger partial charge in [-0.05, 0) is 42.7 Å². The fraction of sp³-hybridized carbons (Fsp3) is 0.0714. The summed E-state index contributed by atoms with van der Waals surface area (Å²) in [6, 6.07) is 11.1. The van der Waals surface area contributed by atoms with E-state index in [4.69, 9.17) is 5.73 Å². The van der Waals surface area contributed by atoms with Gasteiger partial charge in [-0.25, -0.2) is 0 Å². The van der Waals surface area contributed by atoms with E-state index < -0.39 is 10.8 Å². The number of nitro benzene ring substituents is 1. The summed E-state index contributed by atoms with van der Waals surface area (Å²) in [6.07, 6.45) is 1.95. The molecule has 6 nitrogen and oxygen atoms in total. The van der Waals surface area contributed by atoms with Gasteiger partial charge in [-0.15, -0.1) is 11.8 Å². The van der Waals surface area contributed by atoms with Crippen molar-refractivity contribution in [1.82, 2.24) is 0 Å². The zero-order valence-electron chi connectivity index (χ0n) is 11.2. The number of nitrogen functional groups attached to an aromatic ring is 1. The Kier molecular flexibility index (Phi) is 4.44. The van der Waals surface area contributed by atoms with Crippen molar-refractivity contribution in [3.8, 4) is 0 Å². The van der Waals surface area contributed by atoms with Gasteiger partial charge in [0.2, 0.25) is 0 Å². The molecule has 0 aliphatic rings. The highest BCUT2D eigenvalue weighted by molar-refractivity contribution is 7.98. The predicted molar refractivity (Wildman–Crippen MR) is 83.7 cm³/mol. The Morgan fingerprint density at radius 2 is 1.90 bits per heavy atom. The average molecular weight is 303 g/mol. The highest BCUT2D eigenvalue weighted by atomic mass is 32.2. The molecule has 7 heteroatoms. The highest BCUT2D eigenvalue weighted by Crippen LogP contribution is 2.23. The number of nitrogens with zero attached hydrogens (tertiary/aromatic N) is 1. The van der Waals surface area contributed by atoms with Crippen LogP contribution in [0.4, 0.5) is 17.1 Å². The number of thioether (sulfide) groups is 1. The maximum atomic E-state index is 12.2. The van der Waals surface area contributed by atoms with Crippen LogP contribution in [-0.2, 0) is 0 Å². The lowest BCUT2D eigenvalue weighted by Gasteiger charge is -2.07. The van der Waals surface area contributed by atoms with E-state index in [0.29, 0.717) is 11.4 Å². The van der Waals surface area contributed by atoms with Crippen molar-refractivity contribution in [1.29, 1.82) is 0 Å². The van der Waals surface area contributed by atoms with E-state index in [1.165, 1.54) is 18.2 Å². The standard InChI is InChI=1S/C14H13N3O3S/c1-21-11-5-3-10(4-6-11)16-14(18)12-8-9(15)2-7-13(12)17(19)20/h2-8H,15H2,1H3,(H,16,18). The van der Waals surface area contributed by atoms with Crippen molar-refractivity contribution < 1.29 is 9.72 Å². The third kappa shape index (κ3) is 3.51. The summed E-state index contributed by atoms with van der Waals surface area (Å²) < 4.78 is 0. The molecule has 0 saturated carbocycles. The Bertz CT molecular complexity index is 686. The van der Waals surface area contributed by atoms with Crippen LogP contribution in [-0.4, -0.2) is 17.1 Å². The second-order valence-corrected chi connectivity index (χ2v) is 5.10. The summed E-state index contributed by atoms with van der Waals surface area (Å²) in [5, 5.41) is 13.6. The maximum Gasteiger partial charge on any atom is 0.282 e. The fourth-order valence-corrected chi connectivity index (χ4v) is 2.18. The first kappa shape index (κ1) is 14.9. The third-order valence-electron chi connectivity index (χ3n) is 2.81. The number of amides is 1. The van der Waals surface area contributed by atoms with Crippen molar-refractivity contribution in [2.75, 3.05) is 17.3 Å². The van der Waals surface area contributed by atoms with Gasteiger partial charge in [0.05, 0.1) is 4.92 Å². The van der Waals surface area contributed by atoms with Crippen LogP contribution in [0.3, 0.4) is 0 Å². The lowest BCUT2D eigenvalue weighted by atomic mass is 10.1. The molecular weight excluding hydrogens is 290 g/mol. The van der Waals surface area contributed by atoms with Gasteiger partial charge < -0.3 is 11.1 Å². The number of benzene rings is 2. The first-order valence-corrected chi connectivity index (χ1v) is 7.23. The molecule has 2 aromatic carbocycles. The summed E-state index contributed by atoms with van der Waals surface area (Å²) in [5.74, 6) is -0.564. The van der Waals surface area contributed by atoms with Gasteiger partial charge in [0.1, 0.15) is 5.56 Å². The summed E-state index contributed by atoms with van der Waals surface area (Å²) in [4.78, 5) is 23.6. The zero-order chi connectivity index (χ0) is 15.4. The van der Waals surface area contributed by atoms with Crippen LogP contribution in [0.5, 0.6) is 0 Å². The van der Waals surface area contributed by atoms with E-state index in [1.54, 1.807) is 23.9 Å². The van der Waals surface area contributed by atoms with E-state index in [1.807, 2.05) is 18.4 Å². The van der Waals surface area contributed by atoms with Gasteiger partial charge in [0.25, 0.3) is 11.6 Å². The second kappa shape index (κ2) is 6.27. The lowest BCUT2D eigenvalue weighted by Crippen LogP contribution is -2.14. The number of carbonyl (C=O) groups is 1. The fourth-order valence-electron chi connectivity index (χ4n) is 1.77. The second-order valence-electron chi connectivity index (χ2n) is 4.22. The molecule has 0 saturated heterocycles. The minimum atomic E-state index is -0.606. The maximum absolute atomic E-state index is 12.2. The number of nitro groups is 1. The molecule has 2 aromatic rings. The van der Waals surface area contributed by atoms with Gasteiger partial charge in [-0.1, -0.05) is 0 Å². The Hall–Kier alpha value is -2.54. The topological polar surface area (TPSA) is 98.3 Å². The van der Waals surface area contributed by atoms with Crippen LogP contribution in [0.15, 0.2) is 47.4 Å². The molecule has 2 rings (SSSR count). The van der Waals surface area contributed by atoms with E-state index in [9.17, 15) is 14.9 Å². The molecule has 21 heavy (non-hydrogen) atoms. The van der Waals surface area contributed by atoms with Gasteiger partial charge in [-0.3, -0.25) is 14.9 Å². The Morgan fingerprint density at radius 3 is 2.48 bits per heavy atom. The van der Waals surface area contributed by atoms with Crippen molar-refractivity contribution >= 4 is 34.7 Å². The van der Waals surface area contributed by atoms with Crippen molar-refractivity contribution in [3.63, 3.8) is 0 Å². The van der Waals surface area contributed by atoms with E-state index in [2.05, 4.69) is 5.32 Å². The minimum absolute atomic E-state index is 0.0612. The van der Waals surface area contributed by atoms with Gasteiger partial charge >= 0.3 is 0 Å². The van der Waals surface area contributed by atoms with E-state index in [0.717, 1.165) is 4.90 Å². The number of nitrogens with one attached hydrogen (secondary N) is 1. The Labute approximate surface area is 125 Å². The molecule has 0 unspecified atom stereocenters. The van der Waals surface area contributed by atoms with E-state index >= 15 is 0 Å². The van der Waals surface area contributed by atoms with Gasteiger partial charge in [0.15, 0.2) is 0 Å². The Morgan fingerprint density at radius 1 is 1.24 bits per heavy atom. The van der Waals surface area contributed by atoms with Crippen molar-refractivity contribution in [2.45, 2.75) is 4.90 Å². The van der Waals surface area contributed by atoms with Crippen LogP contribution >= 0.6 is 11.8 Å². The number of hydrogen-bond acceptors (Lipinski definition) is 5. The van der Waals surface area contributed by atoms with Gasteiger partial charge in [-0.2, -0.15) is 0 Å². The van der Waals surface area contributed by atoms with Crippen molar-refractivity contribution in [3.05, 3.63) is 58.1 Å². The van der Waals surface area contributed by atoms with Crippen LogP contribution < -0.4 is 11.1 Å². The number of rotatable bonds is 4. The molecule has 0 atom stereocenters. The number of carbonyl (C=O) groups excluding carboxylic acids is 1. The summed E-state index contributed by atoms with van der Waals surface area (Å²) in [6.45, 7) is 0. The first-order chi connectivity index (χ1) is 10.0. The predicted octanol–water partition coefficient (Wildman–Crippen LogP) is 3.15. The van der Waals surface area contributed by atoms with E-state index in [-0.39, 0.29) is 11.3 Å². The molecule has 108 valence electrons. The van der Waals surface area contributed by atoms with Crippen LogP contribution in [0.25, 0.3) is 0 Å². The Balaban J connectivity index is 2.27. The summed E-state index contributed by atoms with van der Waals surface area (Å²) >= 11 is 1.58. The smallest absolute Gasteiger partial charge is 0.282 e. The monoisotopic (exact) mass is 303 g/mol. The third-order valence-corrected chi connectivity index (χ3v) is 3.55. The van der Waals surface area contributed by atoms with Gasteiger partial charge in [0, 0.05) is 22.3 Å². The van der Waals surface area contributed by atoms with Crippen molar-refractivity contribution in [2.24, 2.45) is 0 Å². The molecule has 0 radical (unpaired) electrons.